The molecule has 1 fully saturated rings. The van der Waals surface area contributed by atoms with Gasteiger partial charge in [0.15, 0.2) is 0 Å². The van der Waals surface area contributed by atoms with E-state index in [1.54, 1.807) is 12.1 Å². The van der Waals surface area contributed by atoms with Crippen LogP contribution >= 0.6 is 38.9 Å². The van der Waals surface area contributed by atoms with E-state index >= 15 is 0 Å². The second-order valence-corrected chi connectivity index (χ2v) is 8.70. The predicted molar refractivity (Wildman–Crippen MR) is 69.6 cm³/mol. The Labute approximate surface area is 112 Å². The van der Waals surface area contributed by atoms with Crippen molar-refractivity contribution < 1.29 is 8.42 Å². The minimum absolute atomic E-state index is 0.0850. The standard InChI is InChI=1S/C9H11BrClNO2S2/c10-8-4-5-9(15-8)16(13,14)12-7-3-1-2-6(7)11/h4-7,12H,1-3H2. The summed E-state index contributed by atoms with van der Waals surface area (Å²) in [5, 5.41) is -0.0850. The molecule has 1 aromatic heterocycles. The molecule has 1 saturated carbocycles. The molecule has 2 rings (SSSR count). The van der Waals surface area contributed by atoms with Gasteiger partial charge in [0, 0.05) is 11.4 Å². The van der Waals surface area contributed by atoms with Crippen LogP contribution in [0.25, 0.3) is 0 Å². The Morgan fingerprint density at radius 3 is 2.69 bits per heavy atom. The molecule has 0 aromatic carbocycles. The van der Waals surface area contributed by atoms with Crippen molar-refractivity contribution in [1.29, 1.82) is 0 Å². The molecule has 16 heavy (non-hydrogen) atoms. The fourth-order valence-electron chi connectivity index (χ4n) is 1.75. The first-order chi connectivity index (χ1) is 7.49. The van der Waals surface area contributed by atoms with Gasteiger partial charge in [-0.05, 0) is 40.9 Å². The summed E-state index contributed by atoms with van der Waals surface area (Å²) in [7, 11) is -3.40. The molecule has 0 radical (unpaired) electrons. The number of hydrogen-bond donors (Lipinski definition) is 1. The lowest BCUT2D eigenvalue weighted by Gasteiger charge is -2.14. The van der Waals surface area contributed by atoms with Crippen LogP contribution < -0.4 is 4.72 Å². The van der Waals surface area contributed by atoms with Gasteiger partial charge in [-0.2, -0.15) is 0 Å². The van der Waals surface area contributed by atoms with E-state index in [9.17, 15) is 8.42 Å². The maximum absolute atomic E-state index is 12.0. The molecule has 0 saturated heterocycles. The fourth-order valence-corrected chi connectivity index (χ4v) is 5.50. The van der Waals surface area contributed by atoms with Crippen LogP contribution in [-0.2, 0) is 10.0 Å². The summed E-state index contributed by atoms with van der Waals surface area (Å²) in [6.07, 6.45) is 2.68. The molecule has 1 N–H and O–H groups in total. The van der Waals surface area contributed by atoms with Crippen molar-refractivity contribution in [1.82, 2.24) is 4.72 Å². The van der Waals surface area contributed by atoms with Crippen LogP contribution in [0.2, 0.25) is 0 Å². The van der Waals surface area contributed by atoms with E-state index in [4.69, 9.17) is 11.6 Å². The number of thiophene rings is 1. The van der Waals surface area contributed by atoms with Crippen LogP contribution in [0.15, 0.2) is 20.1 Å². The molecule has 7 heteroatoms. The number of halogens is 2. The smallest absolute Gasteiger partial charge is 0.206 e. The lowest BCUT2D eigenvalue weighted by Crippen LogP contribution is -2.37. The molecule has 3 nitrogen and oxygen atoms in total. The van der Waals surface area contributed by atoms with Crippen molar-refractivity contribution in [2.75, 3.05) is 0 Å². The number of hydrogen-bond acceptors (Lipinski definition) is 3. The Hall–Kier alpha value is 0.380. The number of alkyl halides is 1. The highest BCUT2D eigenvalue weighted by atomic mass is 79.9. The molecular weight excluding hydrogens is 334 g/mol. The first-order valence-electron chi connectivity index (χ1n) is 4.91. The van der Waals surface area contributed by atoms with Crippen molar-refractivity contribution in [3.8, 4) is 0 Å². The zero-order valence-corrected chi connectivity index (χ0v) is 12.3. The second-order valence-electron chi connectivity index (χ2n) is 3.73. The number of rotatable bonds is 3. The molecule has 1 aliphatic rings. The van der Waals surface area contributed by atoms with E-state index in [-0.39, 0.29) is 11.4 Å². The van der Waals surface area contributed by atoms with Crippen molar-refractivity contribution in [2.45, 2.75) is 34.9 Å². The van der Waals surface area contributed by atoms with E-state index in [1.807, 2.05) is 0 Å². The number of nitrogens with one attached hydrogen (secondary N) is 1. The van der Waals surface area contributed by atoms with Crippen LogP contribution in [0, 0.1) is 0 Å². The van der Waals surface area contributed by atoms with Crippen LogP contribution in [0.1, 0.15) is 19.3 Å². The minimum Gasteiger partial charge on any atom is -0.206 e. The quantitative estimate of drug-likeness (QED) is 0.857. The predicted octanol–water partition coefficient (Wildman–Crippen LogP) is 2.95. The van der Waals surface area contributed by atoms with E-state index in [1.165, 1.54) is 11.3 Å². The van der Waals surface area contributed by atoms with Gasteiger partial charge in [0.05, 0.1) is 3.79 Å². The first-order valence-corrected chi connectivity index (χ1v) is 8.44. The van der Waals surface area contributed by atoms with Gasteiger partial charge >= 0.3 is 0 Å². The summed E-state index contributed by atoms with van der Waals surface area (Å²) in [5.74, 6) is 0. The van der Waals surface area contributed by atoms with E-state index < -0.39 is 10.0 Å². The van der Waals surface area contributed by atoms with Crippen molar-refractivity contribution in [3.63, 3.8) is 0 Å². The molecule has 2 unspecified atom stereocenters. The highest BCUT2D eigenvalue weighted by Gasteiger charge is 2.30. The summed E-state index contributed by atoms with van der Waals surface area (Å²) in [5.41, 5.74) is 0. The zero-order chi connectivity index (χ0) is 11.8. The molecule has 90 valence electrons. The highest BCUT2D eigenvalue weighted by Crippen LogP contribution is 2.29. The van der Waals surface area contributed by atoms with Crippen LogP contribution in [-0.4, -0.2) is 19.8 Å². The highest BCUT2D eigenvalue weighted by molar-refractivity contribution is 9.11. The summed E-state index contributed by atoms with van der Waals surface area (Å²) >= 11 is 10.5. The molecule has 0 amide bonds. The molecule has 1 heterocycles. The number of sulfonamides is 1. The van der Waals surface area contributed by atoms with E-state index in [0.29, 0.717) is 4.21 Å². The summed E-state index contributed by atoms with van der Waals surface area (Å²) in [6, 6.07) is 3.19. The van der Waals surface area contributed by atoms with Gasteiger partial charge in [-0.15, -0.1) is 22.9 Å². The fraction of sp³-hybridized carbons (Fsp3) is 0.556. The Morgan fingerprint density at radius 1 is 1.44 bits per heavy atom. The van der Waals surface area contributed by atoms with Gasteiger partial charge in [0.25, 0.3) is 0 Å². The maximum atomic E-state index is 12.0. The average Bonchev–Trinajstić information content (AvgIpc) is 2.77. The Morgan fingerprint density at radius 2 is 2.19 bits per heavy atom. The summed E-state index contributed by atoms with van der Waals surface area (Å²) < 4.78 is 27.7. The molecule has 2 atom stereocenters. The summed E-state index contributed by atoms with van der Waals surface area (Å²) in [4.78, 5) is 0. The van der Waals surface area contributed by atoms with Crippen molar-refractivity contribution in [2.24, 2.45) is 0 Å². The van der Waals surface area contributed by atoms with Gasteiger partial charge in [0.2, 0.25) is 10.0 Å². The van der Waals surface area contributed by atoms with Crippen LogP contribution in [0.4, 0.5) is 0 Å². The zero-order valence-electron chi connectivity index (χ0n) is 8.32. The van der Waals surface area contributed by atoms with Gasteiger partial charge < -0.3 is 0 Å². The van der Waals surface area contributed by atoms with Crippen LogP contribution in [0.5, 0.6) is 0 Å². The largest absolute Gasteiger partial charge is 0.250 e. The van der Waals surface area contributed by atoms with Crippen LogP contribution in [0.3, 0.4) is 0 Å². The Bertz CT molecular complexity index is 474. The molecule has 0 aliphatic heterocycles. The normalized spacial score (nSPS) is 26.1. The SMILES string of the molecule is O=S(=O)(NC1CCCC1Cl)c1ccc(Br)s1. The topological polar surface area (TPSA) is 46.2 Å². The lowest BCUT2D eigenvalue weighted by atomic mass is 10.3. The summed E-state index contributed by atoms with van der Waals surface area (Å²) in [6.45, 7) is 0. The van der Waals surface area contributed by atoms with Gasteiger partial charge in [-0.3, -0.25) is 0 Å². The minimum atomic E-state index is -3.40. The molecule has 1 aromatic rings. The first kappa shape index (κ1) is 12.8. The third-order valence-corrected chi connectivity index (χ3v) is 6.68. The average molecular weight is 345 g/mol. The third kappa shape index (κ3) is 2.79. The third-order valence-electron chi connectivity index (χ3n) is 2.55. The molecule has 0 spiro atoms. The van der Waals surface area contributed by atoms with E-state index in [0.717, 1.165) is 23.0 Å². The Kier molecular flexibility index (Phi) is 3.96. The molecule has 0 bridgehead atoms. The molecule has 1 aliphatic carbocycles. The maximum Gasteiger partial charge on any atom is 0.250 e. The monoisotopic (exact) mass is 343 g/mol. The van der Waals surface area contributed by atoms with Gasteiger partial charge in [0.1, 0.15) is 4.21 Å². The lowest BCUT2D eigenvalue weighted by molar-refractivity contribution is 0.556. The molecular formula is C9H11BrClNO2S2. The van der Waals surface area contributed by atoms with Crippen molar-refractivity contribution in [3.05, 3.63) is 15.9 Å². The van der Waals surface area contributed by atoms with Gasteiger partial charge in [-0.1, -0.05) is 6.42 Å². The van der Waals surface area contributed by atoms with E-state index in [2.05, 4.69) is 20.7 Å². The Balaban J connectivity index is 2.14. The van der Waals surface area contributed by atoms with Crippen molar-refractivity contribution >= 4 is 48.9 Å². The second kappa shape index (κ2) is 4.94. The van der Waals surface area contributed by atoms with Gasteiger partial charge in [-0.25, -0.2) is 13.1 Å².